The fourth-order valence-electron chi connectivity index (χ4n) is 1.63. The standard InChI is InChI=1S/C15H12Cl3NO2/c1-9(21-12-4-2-3-10(16)7-12)15(20)19-14-8-11(17)5-6-13(14)18/h2-9H,1H3,(H,19,20)/t9-/m1/s1. The Morgan fingerprint density at radius 2 is 1.81 bits per heavy atom. The molecule has 6 heteroatoms. The highest BCUT2D eigenvalue weighted by atomic mass is 35.5. The maximum atomic E-state index is 12.1. The van der Waals surface area contributed by atoms with Crippen molar-refractivity contribution in [1.29, 1.82) is 0 Å². The fourth-order valence-corrected chi connectivity index (χ4v) is 2.14. The van der Waals surface area contributed by atoms with E-state index in [1.807, 2.05) is 0 Å². The molecular weight excluding hydrogens is 333 g/mol. The summed E-state index contributed by atoms with van der Waals surface area (Å²) in [4.78, 5) is 12.1. The van der Waals surface area contributed by atoms with E-state index in [1.54, 1.807) is 49.4 Å². The van der Waals surface area contributed by atoms with Crippen LogP contribution in [0.5, 0.6) is 5.75 Å². The number of halogens is 3. The second kappa shape index (κ2) is 7.03. The average Bonchev–Trinajstić information content (AvgIpc) is 2.43. The molecule has 0 aliphatic rings. The van der Waals surface area contributed by atoms with Gasteiger partial charge in [-0.05, 0) is 43.3 Å². The number of benzene rings is 2. The van der Waals surface area contributed by atoms with Crippen LogP contribution >= 0.6 is 34.8 Å². The van der Waals surface area contributed by atoms with Crippen LogP contribution in [0.3, 0.4) is 0 Å². The van der Waals surface area contributed by atoms with Crippen LogP contribution in [0.2, 0.25) is 15.1 Å². The van der Waals surface area contributed by atoms with E-state index < -0.39 is 6.10 Å². The quantitative estimate of drug-likeness (QED) is 0.842. The number of nitrogens with one attached hydrogen (secondary N) is 1. The summed E-state index contributed by atoms with van der Waals surface area (Å²) >= 11 is 17.7. The Bertz CT molecular complexity index is 661. The van der Waals surface area contributed by atoms with E-state index in [-0.39, 0.29) is 5.91 Å². The zero-order chi connectivity index (χ0) is 15.4. The van der Waals surface area contributed by atoms with Crippen molar-refractivity contribution in [2.45, 2.75) is 13.0 Å². The van der Waals surface area contributed by atoms with E-state index in [4.69, 9.17) is 39.5 Å². The minimum atomic E-state index is -0.710. The number of carbonyl (C=O) groups is 1. The summed E-state index contributed by atoms with van der Waals surface area (Å²) in [6.45, 7) is 1.63. The van der Waals surface area contributed by atoms with Crippen molar-refractivity contribution in [3.63, 3.8) is 0 Å². The molecule has 0 fully saturated rings. The van der Waals surface area contributed by atoms with Crippen LogP contribution in [-0.4, -0.2) is 12.0 Å². The maximum absolute atomic E-state index is 12.1. The van der Waals surface area contributed by atoms with Gasteiger partial charge in [0.15, 0.2) is 6.10 Å². The van der Waals surface area contributed by atoms with E-state index in [1.165, 1.54) is 0 Å². The first-order valence-electron chi connectivity index (χ1n) is 6.14. The van der Waals surface area contributed by atoms with Gasteiger partial charge in [-0.1, -0.05) is 40.9 Å². The molecule has 0 saturated heterocycles. The Kier molecular flexibility index (Phi) is 5.34. The van der Waals surface area contributed by atoms with Gasteiger partial charge in [0, 0.05) is 10.0 Å². The monoisotopic (exact) mass is 343 g/mol. The summed E-state index contributed by atoms with van der Waals surface area (Å²) in [5.41, 5.74) is 0.440. The van der Waals surface area contributed by atoms with E-state index in [0.29, 0.717) is 26.5 Å². The van der Waals surface area contributed by atoms with Gasteiger partial charge in [-0.15, -0.1) is 0 Å². The predicted octanol–water partition coefficient (Wildman–Crippen LogP) is 5.05. The number of hydrogen-bond donors (Lipinski definition) is 1. The Hall–Kier alpha value is -1.42. The molecule has 0 radical (unpaired) electrons. The molecule has 3 nitrogen and oxygen atoms in total. The number of anilines is 1. The summed E-state index contributed by atoms with van der Waals surface area (Å²) in [6, 6.07) is 11.7. The molecule has 1 N–H and O–H groups in total. The molecule has 0 aliphatic carbocycles. The number of rotatable bonds is 4. The summed E-state index contributed by atoms with van der Waals surface area (Å²) in [7, 11) is 0. The fraction of sp³-hybridized carbons (Fsp3) is 0.133. The average molecular weight is 345 g/mol. The molecule has 1 atom stereocenters. The molecule has 2 rings (SSSR count). The molecule has 0 bridgehead atoms. The van der Waals surface area contributed by atoms with Gasteiger partial charge in [0.1, 0.15) is 5.75 Å². The molecule has 0 spiro atoms. The van der Waals surface area contributed by atoms with Crippen molar-refractivity contribution in [2.24, 2.45) is 0 Å². The molecule has 2 aromatic carbocycles. The predicted molar refractivity (Wildman–Crippen MR) is 86.6 cm³/mol. The number of amides is 1. The van der Waals surface area contributed by atoms with Crippen molar-refractivity contribution >= 4 is 46.4 Å². The van der Waals surface area contributed by atoms with E-state index in [9.17, 15) is 4.79 Å². The molecular formula is C15H12Cl3NO2. The Morgan fingerprint density at radius 1 is 1.10 bits per heavy atom. The Labute approximate surface area is 137 Å². The van der Waals surface area contributed by atoms with Crippen LogP contribution < -0.4 is 10.1 Å². The second-order valence-electron chi connectivity index (χ2n) is 4.33. The van der Waals surface area contributed by atoms with Crippen molar-refractivity contribution in [3.05, 3.63) is 57.5 Å². The first-order valence-corrected chi connectivity index (χ1v) is 7.27. The first kappa shape index (κ1) is 16.0. The third-order valence-corrected chi connectivity index (χ3v) is 3.46. The van der Waals surface area contributed by atoms with Crippen LogP contribution in [0.1, 0.15) is 6.92 Å². The minimum absolute atomic E-state index is 0.334. The topological polar surface area (TPSA) is 38.3 Å². The van der Waals surface area contributed by atoms with Crippen molar-refractivity contribution < 1.29 is 9.53 Å². The number of ether oxygens (including phenoxy) is 1. The highest BCUT2D eigenvalue weighted by Crippen LogP contribution is 2.26. The third-order valence-electron chi connectivity index (χ3n) is 2.66. The molecule has 0 unspecified atom stereocenters. The molecule has 2 aromatic rings. The van der Waals surface area contributed by atoms with Crippen molar-refractivity contribution in [3.8, 4) is 5.75 Å². The van der Waals surface area contributed by atoms with E-state index >= 15 is 0 Å². The Morgan fingerprint density at radius 3 is 2.52 bits per heavy atom. The lowest BCUT2D eigenvalue weighted by atomic mass is 10.3. The van der Waals surface area contributed by atoms with Crippen LogP contribution in [0, 0.1) is 0 Å². The summed E-state index contributed by atoms with van der Waals surface area (Å²) in [5, 5.41) is 4.10. The van der Waals surface area contributed by atoms with Crippen LogP contribution in [0.15, 0.2) is 42.5 Å². The molecule has 1 amide bonds. The van der Waals surface area contributed by atoms with Crippen molar-refractivity contribution in [1.82, 2.24) is 0 Å². The molecule has 0 saturated carbocycles. The van der Waals surface area contributed by atoms with Gasteiger partial charge in [-0.3, -0.25) is 4.79 Å². The molecule has 110 valence electrons. The lowest BCUT2D eigenvalue weighted by Gasteiger charge is -2.15. The highest BCUT2D eigenvalue weighted by Gasteiger charge is 2.16. The van der Waals surface area contributed by atoms with Crippen molar-refractivity contribution in [2.75, 3.05) is 5.32 Å². The lowest BCUT2D eigenvalue weighted by molar-refractivity contribution is -0.122. The van der Waals surface area contributed by atoms with Crippen LogP contribution in [0.4, 0.5) is 5.69 Å². The number of hydrogen-bond acceptors (Lipinski definition) is 2. The zero-order valence-electron chi connectivity index (χ0n) is 11.1. The van der Waals surface area contributed by atoms with Crippen LogP contribution in [-0.2, 0) is 4.79 Å². The van der Waals surface area contributed by atoms with Gasteiger partial charge >= 0.3 is 0 Å². The Balaban J connectivity index is 2.04. The van der Waals surface area contributed by atoms with Gasteiger partial charge in [0.2, 0.25) is 0 Å². The molecule has 0 aliphatic heterocycles. The minimum Gasteiger partial charge on any atom is -0.481 e. The summed E-state index contributed by atoms with van der Waals surface area (Å²) < 4.78 is 5.53. The second-order valence-corrected chi connectivity index (χ2v) is 5.61. The van der Waals surface area contributed by atoms with Crippen LogP contribution in [0.25, 0.3) is 0 Å². The van der Waals surface area contributed by atoms with Gasteiger partial charge in [-0.2, -0.15) is 0 Å². The SMILES string of the molecule is C[C@@H](Oc1cccc(Cl)c1)C(=O)Nc1cc(Cl)ccc1Cl. The lowest BCUT2D eigenvalue weighted by Crippen LogP contribution is -2.30. The van der Waals surface area contributed by atoms with Gasteiger partial charge in [-0.25, -0.2) is 0 Å². The highest BCUT2D eigenvalue weighted by molar-refractivity contribution is 6.35. The van der Waals surface area contributed by atoms with E-state index in [2.05, 4.69) is 5.32 Å². The number of carbonyl (C=O) groups excluding carboxylic acids is 1. The first-order chi connectivity index (χ1) is 9.95. The van der Waals surface area contributed by atoms with Gasteiger partial charge in [0.05, 0.1) is 10.7 Å². The smallest absolute Gasteiger partial charge is 0.265 e. The summed E-state index contributed by atoms with van der Waals surface area (Å²) in [6.07, 6.45) is -0.710. The third kappa shape index (κ3) is 4.53. The van der Waals surface area contributed by atoms with Gasteiger partial charge < -0.3 is 10.1 Å². The van der Waals surface area contributed by atoms with Gasteiger partial charge in [0.25, 0.3) is 5.91 Å². The normalized spacial score (nSPS) is 11.8. The largest absolute Gasteiger partial charge is 0.481 e. The zero-order valence-corrected chi connectivity index (χ0v) is 13.3. The molecule has 0 heterocycles. The molecule has 0 aromatic heterocycles. The molecule has 21 heavy (non-hydrogen) atoms. The van der Waals surface area contributed by atoms with E-state index in [0.717, 1.165) is 0 Å². The summed E-state index contributed by atoms with van der Waals surface area (Å²) in [5.74, 6) is 0.182. The maximum Gasteiger partial charge on any atom is 0.265 e.